The van der Waals surface area contributed by atoms with E-state index < -0.39 is 32.2 Å². The summed E-state index contributed by atoms with van der Waals surface area (Å²) in [6, 6.07) is 10.9. The van der Waals surface area contributed by atoms with Gasteiger partial charge in [0.2, 0.25) is 9.84 Å². The molecule has 1 amide bonds. The Kier molecular flexibility index (Phi) is 5.10. The number of para-hydroxylation sites is 2. The van der Waals surface area contributed by atoms with Crippen molar-refractivity contribution in [1.29, 1.82) is 0 Å². The number of fused-ring (bicyclic) bond motifs is 1. The molecule has 2 aromatic carbocycles. The van der Waals surface area contributed by atoms with Gasteiger partial charge in [-0.3, -0.25) is 4.79 Å². The molecular formula is C20H16F3N3O3S. The fourth-order valence-corrected chi connectivity index (χ4v) is 4.42. The number of nitrogens with zero attached hydrogens (tertiary/aromatic N) is 2. The molecule has 0 aliphatic heterocycles. The van der Waals surface area contributed by atoms with E-state index in [2.05, 4.69) is 10.4 Å². The summed E-state index contributed by atoms with van der Waals surface area (Å²) in [6.45, 7) is 0. The first-order chi connectivity index (χ1) is 14.3. The number of halogens is 3. The molecule has 0 bridgehead atoms. The van der Waals surface area contributed by atoms with Gasteiger partial charge in [-0.25, -0.2) is 17.5 Å². The van der Waals surface area contributed by atoms with E-state index in [0.29, 0.717) is 24.1 Å². The summed E-state index contributed by atoms with van der Waals surface area (Å²) in [4.78, 5) is 12.2. The highest BCUT2D eigenvalue weighted by Crippen LogP contribution is 2.30. The SMILES string of the molecule is O=C(Nc1ccccc1S(=O)(=O)C(F)F)c1nn(-c2ccccc2F)c2c1CCC2. The van der Waals surface area contributed by atoms with Crippen LogP contribution in [-0.4, -0.2) is 29.9 Å². The number of amides is 1. The van der Waals surface area contributed by atoms with Crippen LogP contribution in [0.2, 0.25) is 0 Å². The lowest BCUT2D eigenvalue weighted by Gasteiger charge is -2.11. The Morgan fingerprint density at radius 1 is 1.07 bits per heavy atom. The monoisotopic (exact) mass is 435 g/mol. The molecule has 0 atom stereocenters. The second kappa shape index (κ2) is 7.60. The van der Waals surface area contributed by atoms with Crippen LogP contribution >= 0.6 is 0 Å². The number of hydrogen-bond acceptors (Lipinski definition) is 4. The van der Waals surface area contributed by atoms with E-state index in [1.54, 1.807) is 6.07 Å². The van der Waals surface area contributed by atoms with Gasteiger partial charge >= 0.3 is 5.76 Å². The molecule has 0 saturated carbocycles. The lowest BCUT2D eigenvalue weighted by atomic mass is 10.2. The van der Waals surface area contributed by atoms with E-state index >= 15 is 0 Å². The van der Waals surface area contributed by atoms with Gasteiger partial charge in [-0.2, -0.15) is 13.9 Å². The summed E-state index contributed by atoms with van der Waals surface area (Å²) < 4.78 is 65.5. The van der Waals surface area contributed by atoms with Gasteiger partial charge in [-0.05, 0) is 43.5 Å². The highest BCUT2D eigenvalue weighted by Gasteiger charge is 2.31. The number of carbonyl (C=O) groups excluding carboxylic acids is 1. The van der Waals surface area contributed by atoms with E-state index in [1.807, 2.05) is 0 Å². The molecule has 1 aliphatic carbocycles. The molecule has 0 saturated heterocycles. The van der Waals surface area contributed by atoms with E-state index in [1.165, 1.54) is 41.1 Å². The van der Waals surface area contributed by atoms with Gasteiger partial charge in [0, 0.05) is 11.3 Å². The maximum atomic E-state index is 14.3. The smallest absolute Gasteiger partial charge is 0.319 e. The molecule has 0 fully saturated rings. The first-order valence-corrected chi connectivity index (χ1v) is 10.6. The van der Waals surface area contributed by atoms with Crippen molar-refractivity contribution in [3.05, 3.63) is 71.3 Å². The fraction of sp³-hybridized carbons (Fsp3) is 0.200. The Hall–Kier alpha value is -3.14. The third-order valence-electron chi connectivity index (χ3n) is 4.90. The third kappa shape index (κ3) is 3.36. The van der Waals surface area contributed by atoms with E-state index in [4.69, 9.17) is 0 Å². The zero-order valence-corrected chi connectivity index (χ0v) is 16.3. The number of carbonyl (C=O) groups is 1. The molecule has 6 nitrogen and oxygen atoms in total. The predicted molar refractivity (Wildman–Crippen MR) is 103 cm³/mol. The molecule has 156 valence electrons. The lowest BCUT2D eigenvalue weighted by Crippen LogP contribution is -2.19. The maximum absolute atomic E-state index is 14.3. The zero-order valence-electron chi connectivity index (χ0n) is 15.5. The van der Waals surface area contributed by atoms with Crippen molar-refractivity contribution in [3.63, 3.8) is 0 Å². The van der Waals surface area contributed by atoms with Crippen molar-refractivity contribution in [2.24, 2.45) is 0 Å². The topological polar surface area (TPSA) is 81.1 Å². The van der Waals surface area contributed by atoms with Crippen LogP contribution in [-0.2, 0) is 22.7 Å². The summed E-state index contributed by atoms with van der Waals surface area (Å²) in [5.41, 5.74) is 1.25. The average molecular weight is 435 g/mol. The first kappa shape index (κ1) is 20.1. The van der Waals surface area contributed by atoms with Gasteiger partial charge in [-0.15, -0.1) is 0 Å². The van der Waals surface area contributed by atoms with Crippen LogP contribution in [0, 0.1) is 5.82 Å². The number of anilines is 1. The number of nitrogens with one attached hydrogen (secondary N) is 1. The van der Waals surface area contributed by atoms with Crippen molar-refractivity contribution in [3.8, 4) is 5.69 Å². The lowest BCUT2D eigenvalue weighted by molar-refractivity contribution is 0.102. The second-order valence-electron chi connectivity index (χ2n) is 6.75. The maximum Gasteiger partial charge on any atom is 0.341 e. The Morgan fingerprint density at radius 3 is 2.50 bits per heavy atom. The summed E-state index contributed by atoms with van der Waals surface area (Å²) in [5.74, 6) is -4.88. The number of hydrogen-bond donors (Lipinski definition) is 1. The number of rotatable bonds is 5. The van der Waals surface area contributed by atoms with Gasteiger partial charge in [0.1, 0.15) is 11.5 Å². The molecule has 1 N–H and O–H groups in total. The fourth-order valence-electron chi connectivity index (χ4n) is 3.54. The van der Waals surface area contributed by atoms with Gasteiger partial charge in [0.15, 0.2) is 5.69 Å². The summed E-state index contributed by atoms with van der Waals surface area (Å²) in [6.07, 6.45) is 1.89. The Bertz CT molecular complexity index is 1240. The molecular weight excluding hydrogens is 419 g/mol. The Balaban J connectivity index is 1.74. The summed E-state index contributed by atoms with van der Waals surface area (Å²) in [7, 11) is -4.91. The normalized spacial score (nSPS) is 13.5. The molecule has 4 rings (SSSR count). The highest BCUT2D eigenvalue weighted by molar-refractivity contribution is 7.91. The molecule has 3 aromatic rings. The molecule has 0 radical (unpaired) electrons. The number of aromatic nitrogens is 2. The molecule has 0 unspecified atom stereocenters. The quantitative estimate of drug-likeness (QED) is 0.662. The van der Waals surface area contributed by atoms with Gasteiger partial charge in [0.25, 0.3) is 5.91 Å². The molecule has 10 heteroatoms. The van der Waals surface area contributed by atoms with Crippen LogP contribution in [0.5, 0.6) is 0 Å². The van der Waals surface area contributed by atoms with E-state index in [9.17, 15) is 26.4 Å². The molecule has 0 spiro atoms. The number of benzene rings is 2. The van der Waals surface area contributed by atoms with Crippen LogP contribution in [0.1, 0.15) is 28.2 Å². The van der Waals surface area contributed by atoms with Crippen LogP contribution in [0.3, 0.4) is 0 Å². The Labute approximate surface area is 170 Å². The first-order valence-electron chi connectivity index (χ1n) is 9.09. The van der Waals surface area contributed by atoms with Gasteiger partial charge < -0.3 is 5.32 Å². The average Bonchev–Trinajstić information content (AvgIpc) is 3.31. The minimum atomic E-state index is -4.91. The van der Waals surface area contributed by atoms with E-state index in [-0.39, 0.29) is 17.1 Å². The van der Waals surface area contributed by atoms with E-state index in [0.717, 1.165) is 12.5 Å². The second-order valence-corrected chi connectivity index (χ2v) is 8.63. The minimum Gasteiger partial charge on any atom is -0.319 e. The van der Waals surface area contributed by atoms with Gasteiger partial charge in [-0.1, -0.05) is 24.3 Å². The number of alkyl halides is 2. The van der Waals surface area contributed by atoms with Crippen molar-refractivity contribution in [2.75, 3.05) is 5.32 Å². The standard InChI is InChI=1S/C20H16F3N3O3S/c21-13-7-1-3-9-16(13)26-15-10-5-6-12(15)18(25-26)19(27)24-14-8-2-4-11-17(14)30(28,29)20(22)23/h1-4,7-9,11,20H,5-6,10H2,(H,24,27). The van der Waals surface area contributed by atoms with Crippen LogP contribution in [0.4, 0.5) is 18.9 Å². The predicted octanol–water partition coefficient (Wildman–Crippen LogP) is 3.75. The van der Waals surface area contributed by atoms with Crippen LogP contribution in [0.15, 0.2) is 53.4 Å². The van der Waals surface area contributed by atoms with Crippen molar-refractivity contribution in [2.45, 2.75) is 29.9 Å². The van der Waals surface area contributed by atoms with Crippen molar-refractivity contribution >= 4 is 21.4 Å². The molecule has 1 aliphatic rings. The van der Waals surface area contributed by atoms with Gasteiger partial charge in [0.05, 0.1) is 10.6 Å². The highest BCUT2D eigenvalue weighted by atomic mass is 32.2. The molecule has 1 aromatic heterocycles. The Morgan fingerprint density at radius 2 is 1.77 bits per heavy atom. The van der Waals surface area contributed by atoms with Crippen molar-refractivity contribution in [1.82, 2.24) is 9.78 Å². The van der Waals surface area contributed by atoms with Crippen molar-refractivity contribution < 1.29 is 26.4 Å². The summed E-state index contributed by atoms with van der Waals surface area (Å²) in [5, 5.41) is 6.63. The third-order valence-corrected chi connectivity index (χ3v) is 6.34. The number of sulfone groups is 1. The van der Waals surface area contributed by atoms with Crippen LogP contribution < -0.4 is 5.32 Å². The zero-order chi connectivity index (χ0) is 21.5. The minimum absolute atomic E-state index is 0.00926. The molecule has 1 heterocycles. The largest absolute Gasteiger partial charge is 0.341 e. The van der Waals surface area contributed by atoms with Crippen LogP contribution in [0.25, 0.3) is 5.69 Å². The molecule has 30 heavy (non-hydrogen) atoms. The summed E-state index contributed by atoms with van der Waals surface area (Å²) >= 11 is 0.